The third-order valence-corrected chi connectivity index (χ3v) is 6.02. The molecule has 8 nitrogen and oxygen atoms in total. The van der Waals surface area contributed by atoms with Gasteiger partial charge in [-0.2, -0.15) is 4.98 Å². The smallest absolute Gasteiger partial charge is 0.383 e. The fourth-order valence-electron chi connectivity index (χ4n) is 4.05. The van der Waals surface area contributed by atoms with Gasteiger partial charge in [0.05, 0.1) is 5.39 Å². The Kier molecular flexibility index (Phi) is 7.89. The predicted molar refractivity (Wildman–Crippen MR) is 144 cm³/mol. The van der Waals surface area contributed by atoms with Crippen LogP contribution in [0.5, 0.6) is 0 Å². The van der Waals surface area contributed by atoms with Crippen LogP contribution in [0.15, 0.2) is 105 Å². The van der Waals surface area contributed by atoms with Gasteiger partial charge in [0, 0.05) is 25.6 Å². The molecular weight excluding hydrogens is 496 g/mol. The molecule has 5 rings (SSSR count). The molecule has 4 aromatic rings. The fourth-order valence-corrected chi connectivity index (χ4v) is 4.05. The van der Waals surface area contributed by atoms with Gasteiger partial charge >= 0.3 is 11.7 Å². The summed E-state index contributed by atoms with van der Waals surface area (Å²) < 4.78 is 24.5. The monoisotopic (exact) mass is 522 g/mol. The Labute approximate surface area is 225 Å². The number of terminal acetylenes is 1. The number of ether oxygens (including phenoxy) is 3. The number of carbonyl (C=O) groups is 1. The van der Waals surface area contributed by atoms with Gasteiger partial charge in [-0.05, 0) is 29.7 Å². The van der Waals surface area contributed by atoms with Crippen molar-refractivity contribution in [1.29, 1.82) is 0 Å². The molecule has 0 spiro atoms. The lowest BCUT2D eigenvalue weighted by molar-refractivity contribution is -0.136. The van der Waals surface area contributed by atoms with E-state index in [0.29, 0.717) is 24.0 Å². The van der Waals surface area contributed by atoms with Crippen LogP contribution in [0.1, 0.15) is 29.7 Å². The van der Waals surface area contributed by atoms with Crippen LogP contribution >= 0.6 is 0 Å². The lowest BCUT2D eigenvalue weighted by Crippen LogP contribution is -2.21. The van der Waals surface area contributed by atoms with E-state index in [2.05, 4.69) is 10.9 Å². The quantitative estimate of drug-likeness (QED) is 0.155. The Bertz CT molecular complexity index is 1620. The molecule has 0 unspecified atom stereocenters. The average molecular weight is 523 g/mol. The van der Waals surface area contributed by atoms with Crippen molar-refractivity contribution in [2.75, 3.05) is 0 Å². The topological polar surface area (TPSA) is 92.8 Å². The van der Waals surface area contributed by atoms with E-state index in [1.54, 1.807) is 12.3 Å². The van der Waals surface area contributed by atoms with E-state index >= 15 is 0 Å². The minimum Gasteiger partial charge on any atom is -0.481 e. The number of furan rings is 1. The van der Waals surface area contributed by atoms with Gasteiger partial charge in [0.2, 0.25) is 11.5 Å². The number of carbonyl (C=O) groups excluding carboxylic acids is 1. The summed E-state index contributed by atoms with van der Waals surface area (Å²) in [5.74, 6) is 2.99. The molecule has 2 aromatic heterocycles. The maximum Gasteiger partial charge on any atom is 0.383 e. The summed E-state index contributed by atoms with van der Waals surface area (Å²) in [5, 5.41) is 0.690. The zero-order valence-corrected chi connectivity index (χ0v) is 21.2. The molecule has 2 aromatic carbocycles. The van der Waals surface area contributed by atoms with Gasteiger partial charge in [-0.25, -0.2) is 9.59 Å². The van der Waals surface area contributed by atoms with Gasteiger partial charge < -0.3 is 18.6 Å². The highest BCUT2D eigenvalue weighted by molar-refractivity contribution is 5.91. The van der Waals surface area contributed by atoms with E-state index in [1.165, 1.54) is 4.57 Å². The minimum absolute atomic E-state index is 0.0200. The molecule has 0 N–H and O–H groups in total. The van der Waals surface area contributed by atoms with E-state index in [-0.39, 0.29) is 42.7 Å². The van der Waals surface area contributed by atoms with Crippen molar-refractivity contribution in [2.24, 2.45) is 0 Å². The first-order chi connectivity index (χ1) is 19.1. The average Bonchev–Trinajstić information content (AvgIpc) is 3.49. The van der Waals surface area contributed by atoms with Gasteiger partial charge in [-0.3, -0.25) is 4.57 Å². The van der Waals surface area contributed by atoms with E-state index in [4.69, 9.17) is 25.1 Å². The molecular formula is C31H26N2O6. The van der Waals surface area contributed by atoms with Crippen molar-refractivity contribution in [3.63, 3.8) is 0 Å². The zero-order valence-electron chi connectivity index (χ0n) is 21.2. The van der Waals surface area contributed by atoms with Crippen LogP contribution in [0.25, 0.3) is 11.1 Å². The van der Waals surface area contributed by atoms with Gasteiger partial charge in [-0.1, -0.05) is 60.7 Å². The first kappa shape index (κ1) is 25.6. The first-order valence-electron chi connectivity index (χ1n) is 12.5. The van der Waals surface area contributed by atoms with Crippen molar-refractivity contribution in [2.45, 2.75) is 39.0 Å². The van der Waals surface area contributed by atoms with E-state index < -0.39 is 11.7 Å². The number of allylic oxidation sites excluding steroid dienone is 1. The summed E-state index contributed by atoms with van der Waals surface area (Å²) in [4.78, 5) is 29.5. The van der Waals surface area contributed by atoms with Crippen molar-refractivity contribution >= 4 is 17.1 Å². The van der Waals surface area contributed by atoms with E-state index in [1.807, 2.05) is 66.7 Å². The summed E-state index contributed by atoms with van der Waals surface area (Å²) in [6.07, 6.45) is 10.7. The third-order valence-electron chi connectivity index (χ3n) is 6.02. The molecule has 0 saturated heterocycles. The maximum absolute atomic E-state index is 12.8. The Morgan fingerprint density at radius 1 is 0.949 bits per heavy atom. The number of esters is 1. The Morgan fingerprint density at radius 3 is 2.28 bits per heavy atom. The molecule has 0 radical (unpaired) electrons. The summed E-state index contributed by atoms with van der Waals surface area (Å²) in [6.45, 7) is 0.459. The van der Waals surface area contributed by atoms with Crippen LogP contribution in [-0.2, 0) is 45.2 Å². The molecule has 1 aliphatic rings. The van der Waals surface area contributed by atoms with Crippen LogP contribution in [-0.4, -0.2) is 15.5 Å². The van der Waals surface area contributed by atoms with E-state index in [0.717, 1.165) is 17.5 Å². The number of hydrogen-bond acceptors (Lipinski definition) is 7. The van der Waals surface area contributed by atoms with Crippen molar-refractivity contribution in [3.05, 3.63) is 124 Å². The van der Waals surface area contributed by atoms with Crippen molar-refractivity contribution in [3.8, 4) is 12.3 Å². The standard InChI is InChI=1S/C31H26N2O6/c1-2-3-6-15-25-18-24-19-33(31(35)32-29(24)38-25)17-16-26-27(36-20-22-11-7-4-8-12-22)28(30(34)39-26)37-21-23-13-9-5-10-14-23/h1,4-5,7-14,16,18-19H,3,6,15,17,20-21H2/b26-16-. The highest BCUT2D eigenvalue weighted by Gasteiger charge is 2.34. The first-order valence-corrected chi connectivity index (χ1v) is 12.5. The molecule has 0 aliphatic carbocycles. The highest BCUT2D eigenvalue weighted by atomic mass is 16.6. The molecule has 8 heteroatoms. The minimum atomic E-state index is -0.660. The molecule has 1 aliphatic heterocycles. The molecule has 0 fully saturated rings. The molecule has 0 atom stereocenters. The number of aromatic nitrogens is 2. The van der Waals surface area contributed by atoms with Gasteiger partial charge in [0.1, 0.15) is 19.0 Å². The van der Waals surface area contributed by atoms with Crippen molar-refractivity contribution in [1.82, 2.24) is 9.55 Å². The molecule has 39 heavy (non-hydrogen) atoms. The Balaban J connectivity index is 1.39. The zero-order chi connectivity index (χ0) is 27.0. The summed E-state index contributed by atoms with van der Waals surface area (Å²) in [6, 6.07) is 20.9. The van der Waals surface area contributed by atoms with Gasteiger partial charge in [-0.15, -0.1) is 12.3 Å². The van der Waals surface area contributed by atoms with Crippen molar-refractivity contribution < 1.29 is 23.4 Å². The highest BCUT2D eigenvalue weighted by Crippen LogP contribution is 2.30. The number of unbranched alkanes of at least 4 members (excludes halogenated alkanes) is 1. The summed E-state index contributed by atoms with van der Waals surface area (Å²) >= 11 is 0. The largest absolute Gasteiger partial charge is 0.481 e. The van der Waals surface area contributed by atoms with Crippen LogP contribution in [0.3, 0.4) is 0 Å². The number of hydrogen-bond donors (Lipinski definition) is 0. The normalized spacial score (nSPS) is 14.0. The maximum atomic E-state index is 12.8. The Hall–Kier alpha value is -5.03. The summed E-state index contributed by atoms with van der Waals surface area (Å²) in [7, 11) is 0. The predicted octanol–water partition coefficient (Wildman–Crippen LogP) is 5.03. The lowest BCUT2D eigenvalue weighted by atomic mass is 10.2. The molecule has 3 heterocycles. The Morgan fingerprint density at radius 2 is 1.62 bits per heavy atom. The number of aryl methyl sites for hydroxylation is 1. The molecule has 0 bridgehead atoms. The number of rotatable bonds is 11. The van der Waals surface area contributed by atoms with Crippen LogP contribution in [0, 0.1) is 12.3 Å². The second-order valence-electron chi connectivity index (χ2n) is 8.87. The lowest BCUT2D eigenvalue weighted by Gasteiger charge is -2.10. The molecule has 196 valence electrons. The number of benzene rings is 2. The van der Waals surface area contributed by atoms with E-state index in [9.17, 15) is 9.59 Å². The summed E-state index contributed by atoms with van der Waals surface area (Å²) in [5.41, 5.74) is 1.58. The van der Waals surface area contributed by atoms with Crippen LogP contribution < -0.4 is 5.69 Å². The number of fused-ring (bicyclic) bond motifs is 1. The van der Waals surface area contributed by atoms with Gasteiger partial charge in [0.25, 0.3) is 5.76 Å². The second-order valence-corrected chi connectivity index (χ2v) is 8.87. The second kappa shape index (κ2) is 12.0. The molecule has 0 amide bonds. The molecule has 0 saturated carbocycles. The van der Waals surface area contributed by atoms with Crippen LogP contribution in [0.2, 0.25) is 0 Å². The third kappa shape index (κ3) is 6.28. The van der Waals surface area contributed by atoms with Crippen LogP contribution in [0.4, 0.5) is 0 Å². The number of cyclic esters (lactones) is 1. The fraction of sp³-hybridized carbons (Fsp3) is 0.194. The van der Waals surface area contributed by atoms with Gasteiger partial charge in [0.15, 0.2) is 5.76 Å². The SMILES string of the molecule is C#CCCCc1cc2cn(C/C=C3\OC(=O)C(OCc4ccccc4)=C3OCc3ccccc3)c(=O)nc2o1. The number of nitrogens with zero attached hydrogens (tertiary/aromatic N) is 2.